The van der Waals surface area contributed by atoms with Gasteiger partial charge in [-0.15, -0.1) is 0 Å². The topological polar surface area (TPSA) is 51.3 Å². The van der Waals surface area contributed by atoms with Crippen LogP contribution in [0.4, 0.5) is 0 Å². The number of carbonyl (C=O) groups is 1. The fourth-order valence-electron chi connectivity index (χ4n) is 3.23. The number of aromatic amines is 1. The molecule has 1 aromatic carbocycles. The maximum absolute atomic E-state index is 11.8. The Morgan fingerprint density at radius 3 is 2.95 bits per heavy atom. The maximum Gasteiger partial charge on any atom is 0.354 e. The van der Waals surface area contributed by atoms with Gasteiger partial charge in [-0.05, 0) is 57.2 Å². The van der Waals surface area contributed by atoms with E-state index in [9.17, 15) is 4.79 Å². The van der Waals surface area contributed by atoms with Crippen molar-refractivity contribution in [2.75, 3.05) is 13.2 Å². The third-order valence-corrected chi connectivity index (χ3v) is 4.31. The average molecular weight is 301 g/mol. The molecule has 1 unspecified atom stereocenters. The van der Waals surface area contributed by atoms with Crippen LogP contribution in [0.3, 0.4) is 0 Å². The summed E-state index contributed by atoms with van der Waals surface area (Å²) in [6, 6.07) is 8.25. The minimum atomic E-state index is -0.299. The molecule has 22 heavy (non-hydrogen) atoms. The summed E-state index contributed by atoms with van der Waals surface area (Å²) in [6.07, 6.45) is 2.06. The van der Waals surface area contributed by atoms with E-state index in [1.807, 2.05) is 13.0 Å². The van der Waals surface area contributed by atoms with Crippen LogP contribution in [0.15, 0.2) is 24.3 Å². The Morgan fingerprint density at radius 2 is 2.23 bits per heavy atom. The van der Waals surface area contributed by atoms with Gasteiger partial charge in [0.2, 0.25) is 0 Å². The number of esters is 1. The van der Waals surface area contributed by atoms with Crippen LogP contribution in [0.25, 0.3) is 10.9 Å². The maximum atomic E-state index is 11.8. The highest BCUT2D eigenvalue weighted by Crippen LogP contribution is 2.36. The molecule has 1 aromatic heterocycles. The molecular weight excluding hydrogens is 278 g/mol. The second-order valence-electron chi connectivity index (χ2n) is 6.55. The third-order valence-electron chi connectivity index (χ3n) is 4.31. The van der Waals surface area contributed by atoms with Crippen molar-refractivity contribution in [2.24, 2.45) is 0 Å². The molecule has 1 N–H and O–H groups in total. The molecule has 1 aliphatic rings. The minimum absolute atomic E-state index is 0.0658. The summed E-state index contributed by atoms with van der Waals surface area (Å²) in [4.78, 5) is 15.0. The summed E-state index contributed by atoms with van der Waals surface area (Å²) >= 11 is 0. The van der Waals surface area contributed by atoms with Crippen molar-refractivity contribution < 1.29 is 14.3 Å². The molecule has 4 nitrogen and oxygen atoms in total. The number of benzene rings is 1. The van der Waals surface area contributed by atoms with E-state index in [2.05, 4.69) is 37.0 Å². The number of aromatic nitrogens is 1. The zero-order valence-corrected chi connectivity index (χ0v) is 13.4. The molecule has 4 heteroatoms. The van der Waals surface area contributed by atoms with E-state index in [1.165, 1.54) is 5.56 Å². The Balaban J connectivity index is 1.88. The SMILES string of the molecule is CCOC(=O)c1cc2ccc(C3CCOC(C)(C)C3)cc2[nH]1. The molecule has 1 atom stereocenters. The zero-order chi connectivity index (χ0) is 15.7. The minimum Gasteiger partial charge on any atom is -0.461 e. The van der Waals surface area contributed by atoms with Gasteiger partial charge in [0.05, 0.1) is 12.2 Å². The van der Waals surface area contributed by atoms with Crippen molar-refractivity contribution in [1.82, 2.24) is 4.98 Å². The molecule has 3 rings (SSSR count). The van der Waals surface area contributed by atoms with Gasteiger partial charge in [-0.3, -0.25) is 0 Å². The molecule has 0 bridgehead atoms. The molecule has 0 amide bonds. The van der Waals surface area contributed by atoms with Crippen molar-refractivity contribution in [1.29, 1.82) is 0 Å². The van der Waals surface area contributed by atoms with Gasteiger partial charge in [0, 0.05) is 17.5 Å². The highest BCUT2D eigenvalue weighted by Gasteiger charge is 2.29. The number of nitrogens with one attached hydrogen (secondary N) is 1. The largest absolute Gasteiger partial charge is 0.461 e. The van der Waals surface area contributed by atoms with Crippen LogP contribution in [-0.2, 0) is 9.47 Å². The van der Waals surface area contributed by atoms with Crippen molar-refractivity contribution in [3.05, 3.63) is 35.5 Å². The average Bonchev–Trinajstić information content (AvgIpc) is 2.89. The Kier molecular flexibility index (Phi) is 3.96. The van der Waals surface area contributed by atoms with E-state index in [0.29, 0.717) is 18.2 Å². The van der Waals surface area contributed by atoms with Crippen LogP contribution < -0.4 is 0 Å². The van der Waals surface area contributed by atoms with Crippen LogP contribution >= 0.6 is 0 Å². The van der Waals surface area contributed by atoms with E-state index in [0.717, 1.165) is 30.4 Å². The number of hydrogen-bond acceptors (Lipinski definition) is 3. The number of hydrogen-bond donors (Lipinski definition) is 1. The summed E-state index contributed by atoms with van der Waals surface area (Å²) in [6.45, 7) is 7.28. The number of H-pyrrole nitrogens is 1. The van der Waals surface area contributed by atoms with E-state index in [-0.39, 0.29) is 11.6 Å². The first kappa shape index (κ1) is 15.1. The first-order chi connectivity index (χ1) is 10.5. The number of rotatable bonds is 3. The lowest BCUT2D eigenvalue weighted by atomic mass is 9.83. The lowest BCUT2D eigenvalue weighted by Gasteiger charge is -2.35. The Bertz CT molecular complexity index is 687. The molecule has 118 valence electrons. The Hall–Kier alpha value is -1.81. The predicted octanol–water partition coefficient (Wildman–Crippen LogP) is 4.02. The third kappa shape index (κ3) is 3.02. The van der Waals surface area contributed by atoms with Gasteiger partial charge in [-0.25, -0.2) is 4.79 Å². The lowest BCUT2D eigenvalue weighted by Crippen LogP contribution is -2.32. The fraction of sp³-hybridized carbons (Fsp3) is 0.500. The zero-order valence-electron chi connectivity index (χ0n) is 13.4. The van der Waals surface area contributed by atoms with Crippen LogP contribution in [0, 0.1) is 0 Å². The highest BCUT2D eigenvalue weighted by atomic mass is 16.5. The molecular formula is C18H23NO3. The molecule has 1 saturated heterocycles. The summed E-state index contributed by atoms with van der Waals surface area (Å²) in [7, 11) is 0. The van der Waals surface area contributed by atoms with E-state index in [4.69, 9.17) is 9.47 Å². The van der Waals surface area contributed by atoms with Crippen molar-refractivity contribution in [3.8, 4) is 0 Å². The fourth-order valence-corrected chi connectivity index (χ4v) is 3.23. The van der Waals surface area contributed by atoms with Gasteiger partial charge in [0.25, 0.3) is 0 Å². The van der Waals surface area contributed by atoms with Gasteiger partial charge < -0.3 is 14.5 Å². The van der Waals surface area contributed by atoms with Gasteiger partial charge in [0.1, 0.15) is 5.69 Å². The van der Waals surface area contributed by atoms with Crippen LogP contribution in [-0.4, -0.2) is 29.8 Å². The van der Waals surface area contributed by atoms with Crippen LogP contribution in [0.1, 0.15) is 55.6 Å². The number of ether oxygens (including phenoxy) is 2. The Labute approximate surface area is 130 Å². The van der Waals surface area contributed by atoms with E-state index < -0.39 is 0 Å². The molecule has 0 saturated carbocycles. The van der Waals surface area contributed by atoms with Crippen molar-refractivity contribution in [2.45, 2.75) is 45.1 Å². The normalized spacial score (nSPS) is 21.0. The molecule has 0 radical (unpaired) electrons. The number of fused-ring (bicyclic) bond motifs is 1. The summed E-state index contributed by atoms with van der Waals surface area (Å²) in [5.74, 6) is 0.204. The molecule has 0 aliphatic carbocycles. The quantitative estimate of drug-likeness (QED) is 0.871. The van der Waals surface area contributed by atoms with E-state index >= 15 is 0 Å². The standard InChI is InChI=1S/C18H23NO3/c1-4-21-17(20)16-10-13-6-5-12(9-15(13)19-16)14-7-8-22-18(2,3)11-14/h5-6,9-10,14,19H,4,7-8,11H2,1-3H3. The van der Waals surface area contributed by atoms with Crippen molar-refractivity contribution in [3.63, 3.8) is 0 Å². The molecule has 2 heterocycles. The first-order valence-electron chi connectivity index (χ1n) is 7.92. The van der Waals surface area contributed by atoms with Gasteiger partial charge in [-0.2, -0.15) is 0 Å². The Morgan fingerprint density at radius 1 is 1.41 bits per heavy atom. The van der Waals surface area contributed by atoms with Crippen molar-refractivity contribution >= 4 is 16.9 Å². The van der Waals surface area contributed by atoms with Crippen LogP contribution in [0.5, 0.6) is 0 Å². The molecule has 2 aromatic rings. The summed E-state index contributed by atoms with van der Waals surface area (Å²) < 4.78 is 10.8. The number of carbonyl (C=O) groups excluding carboxylic acids is 1. The molecule has 0 spiro atoms. The summed E-state index contributed by atoms with van der Waals surface area (Å²) in [5, 5.41) is 1.04. The van der Waals surface area contributed by atoms with Gasteiger partial charge >= 0.3 is 5.97 Å². The predicted molar refractivity (Wildman–Crippen MR) is 86.3 cm³/mol. The first-order valence-corrected chi connectivity index (χ1v) is 7.92. The molecule has 1 fully saturated rings. The van der Waals surface area contributed by atoms with Crippen LogP contribution in [0.2, 0.25) is 0 Å². The molecule has 1 aliphatic heterocycles. The summed E-state index contributed by atoms with van der Waals surface area (Å²) in [5.41, 5.74) is 2.75. The monoisotopic (exact) mass is 301 g/mol. The second-order valence-corrected chi connectivity index (χ2v) is 6.55. The van der Waals surface area contributed by atoms with Gasteiger partial charge in [0.15, 0.2) is 0 Å². The smallest absolute Gasteiger partial charge is 0.354 e. The highest BCUT2D eigenvalue weighted by molar-refractivity contribution is 5.95. The van der Waals surface area contributed by atoms with Gasteiger partial charge in [-0.1, -0.05) is 12.1 Å². The second kappa shape index (κ2) is 5.76. The lowest BCUT2D eigenvalue weighted by molar-refractivity contribution is -0.0592. The van der Waals surface area contributed by atoms with E-state index in [1.54, 1.807) is 0 Å².